The summed E-state index contributed by atoms with van der Waals surface area (Å²) < 4.78 is 59.2. The molecule has 0 aliphatic carbocycles. The van der Waals surface area contributed by atoms with Gasteiger partial charge in [-0.2, -0.15) is 15.2 Å². The molecule has 0 spiro atoms. The summed E-state index contributed by atoms with van der Waals surface area (Å²) in [7, 11) is 0. The fraction of sp³-hybridized carbons (Fsp3) is 0.500. The molecule has 46 heavy (non-hydrogen) atoms. The van der Waals surface area contributed by atoms with Crippen molar-refractivity contribution >= 4 is 43.1 Å². The van der Waals surface area contributed by atoms with Gasteiger partial charge in [-0.3, -0.25) is 9.88 Å². The van der Waals surface area contributed by atoms with Crippen LogP contribution in [-0.2, 0) is 18.0 Å². The number of ether oxygens (including phenoxy) is 2. The largest absolute Gasteiger partial charge is 0.461 e. The van der Waals surface area contributed by atoms with Gasteiger partial charge in [0.2, 0.25) is 0 Å². The van der Waals surface area contributed by atoms with Gasteiger partial charge in [0.15, 0.2) is 11.6 Å². The van der Waals surface area contributed by atoms with Crippen molar-refractivity contribution in [3.8, 4) is 23.3 Å². The van der Waals surface area contributed by atoms with E-state index in [-0.39, 0.29) is 75.3 Å². The molecular weight excluding hydrogens is 617 g/mol. The summed E-state index contributed by atoms with van der Waals surface area (Å²) in [5, 5.41) is 14.3. The van der Waals surface area contributed by atoms with E-state index in [2.05, 4.69) is 26.2 Å². The van der Waals surface area contributed by atoms with Crippen LogP contribution in [0.2, 0.25) is 0 Å². The Kier molecular flexibility index (Phi) is 6.41. The molecule has 0 amide bonds. The number of nitrogens with one attached hydrogen (secondary N) is 1. The standard InChI is InChI=1S/C32H31F3N8O2S/c33-15-6-32(4-1-5-42(32)11-15)14-45-31-40-27-24(30(41-31)43-16-2-3-17(43)9-38-8-16)20-13-44-12-19(20)22(25(27)35)26-23-18(7-36)29(37)46-28(23)21(34)10-39-26/h10,15-17,38H,1-6,8-9,11-14,37H2/t15-,16?,17?,32+/m1/s1. The van der Waals surface area contributed by atoms with Crippen LogP contribution in [0, 0.1) is 23.0 Å². The molecule has 4 aromatic rings. The summed E-state index contributed by atoms with van der Waals surface area (Å²) in [4.78, 5) is 18.4. The second-order valence-corrected chi connectivity index (χ2v) is 14.2. The van der Waals surface area contributed by atoms with Crippen LogP contribution in [-0.4, -0.2) is 76.4 Å². The zero-order valence-corrected chi connectivity index (χ0v) is 25.7. The third kappa shape index (κ3) is 4.01. The molecule has 4 fully saturated rings. The first-order valence-electron chi connectivity index (χ1n) is 15.8. The Morgan fingerprint density at radius 1 is 1.17 bits per heavy atom. The molecule has 4 saturated heterocycles. The van der Waals surface area contributed by atoms with E-state index in [9.17, 15) is 14.0 Å². The zero-order chi connectivity index (χ0) is 31.3. The fourth-order valence-electron chi connectivity index (χ4n) is 8.65. The summed E-state index contributed by atoms with van der Waals surface area (Å²) in [6.45, 7) is 3.28. The molecule has 238 valence electrons. The number of fused-ring (bicyclic) bond motifs is 7. The van der Waals surface area contributed by atoms with E-state index in [1.807, 2.05) is 0 Å². The summed E-state index contributed by atoms with van der Waals surface area (Å²) in [6.07, 6.45) is 4.23. The molecule has 2 unspecified atom stereocenters. The van der Waals surface area contributed by atoms with E-state index < -0.39 is 23.3 Å². The van der Waals surface area contributed by atoms with Gasteiger partial charge in [-0.1, -0.05) is 0 Å². The minimum absolute atomic E-state index is 0.0300. The molecule has 14 heteroatoms. The maximum absolute atomic E-state index is 17.3. The van der Waals surface area contributed by atoms with Crippen molar-refractivity contribution in [3.05, 3.63) is 34.5 Å². The van der Waals surface area contributed by atoms with Gasteiger partial charge in [0.1, 0.15) is 35.2 Å². The van der Waals surface area contributed by atoms with Gasteiger partial charge in [0.25, 0.3) is 0 Å². The highest BCUT2D eigenvalue weighted by atomic mass is 32.1. The van der Waals surface area contributed by atoms with Gasteiger partial charge in [-0.25, -0.2) is 13.2 Å². The highest BCUT2D eigenvalue weighted by Crippen LogP contribution is 2.48. The van der Waals surface area contributed by atoms with E-state index in [1.54, 1.807) is 0 Å². The Morgan fingerprint density at radius 2 is 1.98 bits per heavy atom. The van der Waals surface area contributed by atoms with Crippen LogP contribution in [0.1, 0.15) is 48.8 Å². The average Bonchev–Trinajstić information content (AvgIpc) is 3.85. The number of nitrogens with two attached hydrogens (primary N) is 1. The van der Waals surface area contributed by atoms with Crippen molar-refractivity contribution in [2.45, 2.75) is 69.1 Å². The molecule has 0 radical (unpaired) electrons. The van der Waals surface area contributed by atoms with Crippen molar-refractivity contribution in [1.29, 1.82) is 5.26 Å². The predicted octanol–water partition coefficient (Wildman–Crippen LogP) is 4.56. The molecule has 0 saturated carbocycles. The fourth-order valence-corrected chi connectivity index (χ4v) is 9.57. The first kappa shape index (κ1) is 28.5. The third-order valence-corrected chi connectivity index (χ3v) is 11.7. The summed E-state index contributed by atoms with van der Waals surface area (Å²) in [6, 6.07) is 2.42. The number of alkyl halides is 1. The number of nitriles is 1. The van der Waals surface area contributed by atoms with Crippen LogP contribution in [0.4, 0.5) is 24.0 Å². The summed E-state index contributed by atoms with van der Waals surface area (Å²) in [5.74, 6) is -0.704. The van der Waals surface area contributed by atoms with Crippen LogP contribution in [0.3, 0.4) is 0 Å². The molecule has 3 aromatic heterocycles. The van der Waals surface area contributed by atoms with Crippen LogP contribution >= 0.6 is 11.3 Å². The van der Waals surface area contributed by atoms with E-state index in [4.69, 9.17) is 25.2 Å². The Bertz CT molecular complexity index is 1970. The number of benzene rings is 1. The number of thiophene rings is 1. The summed E-state index contributed by atoms with van der Waals surface area (Å²) in [5.41, 5.74) is 7.32. The predicted molar refractivity (Wildman–Crippen MR) is 166 cm³/mol. The first-order valence-corrected chi connectivity index (χ1v) is 16.6. The molecule has 4 atom stereocenters. The second kappa shape index (κ2) is 10.4. The number of nitrogens with zero attached hydrogens (tertiary/aromatic N) is 6. The molecular formula is C32H31F3N8O2S. The average molecular weight is 649 g/mol. The monoisotopic (exact) mass is 648 g/mol. The van der Waals surface area contributed by atoms with E-state index in [1.165, 1.54) is 0 Å². The quantitative estimate of drug-likeness (QED) is 0.318. The molecule has 3 N–H and O–H groups in total. The number of halogens is 3. The molecule has 5 aliphatic heterocycles. The highest BCUT2D eigenvalue weighted by molar-refractivity contribution is 7.23. The second-order valence-electron chi connectivity index (χ2n) is 13.1. The Morgan fingerprint density at radius 3 is 2.78 bits per heavy atom. The van der Waals surface area contributed by atoms with Crippen LogP contribution < -0.4 is 20.7 Å². The van der Waals surface area contributed by atoms with Gasteiger partial charge in [0, 0.05) is 49.1 Å². The number of rotatable bonds is 5. The SMILES string of the molecule is N#Cc1c(N)sc2c(F)cnc(-c3c4c(c5c(N6C7CCC6CNC7)nc(OC[C@@]67CCCN6C[C@H](F)C7)nc5c3F)COC4)c12. The Balaban J connectivity index is 1.27. The normalized spacial score (nSPS) is 27.1. The van der Waals surface area contributed by atoms with Gasteiger partial charge >= 0.3 is 6.01 Å². The van der Waals surface area contributed by atoms with Crippen molar-refractivity contribution in [1.82, 2.24) is 25.2 Å². The third-order valence-electron chi connectivity index (χ3n) is 10.7. The van der Waals surface area contributed by atoms with Crippen LogP contribution in [0.25, 0.3) is 32.2 Å². The summed E-state index contributed by atoms with van der Waals surface area (Å²) >= 11 is 0.936. The van der Waals surface area contributed by atoms with Gasteiger partial charge in [-0.05, 0) is 43.4 Å². The smallest absolute Gasteiger partial charge is 0.319 e. The lowest BCUT2D eigenvalue weighted by molar-refractivity contribution is 0.107. The minimum Gasteiger partial charge on any atom is -0.461 e. The van der Waals surface area contributed by atoms with Crippen LogP contribution in [0.15, 0.2) is 6.20 Å². The number of hydrogen-bond acceptors (Lipinski definition) is 11. The zero-order valence-electron chi connectivity index (χ0n) is 24.9. The van der Waals surface area contributed by atoms with Crippen molar-refractivity contribution in [3.63, 3.8) is 0 Å². The van der Waals surface area contributed by atoms with E-state index >= 15 is 4.39 Å². The Labute approximate surface area is 266 Å². The van der Waals surface area contributed by atoms with E-state index in [0.717, 1.165) is 68.4 Å². The van der Waals surface area contributed by atoms with Gasteiger partial charge < -0.3 is 25.4 Å². The number of aromatic nitrogens is 3. The maximum atomic E-state index is 17.3. The van der Waals surface area contributed by atoms with Crippen molar-refractivity contribution in [2.75, 3.05) is 43.4 Å². The molecule has 9 rings (SSSR count). The number of pyridine rings is 1. The number of hydrogen-bond donors (Lipinski definition) is 2. The molecule has 1 aromatic carbocycles. The number of piperazine rings is 1. The lowest BCUT2D eigenvalue weighted by Crippen LogP contribution is -2.52. The molecule has 10 nitrogen and oxygen atoms in total. The number of anilines is 2. The van der Waals surface area contributed by atoms with Crippen LogP contribution in [0.5, 0.6) is 6.01 Å². The molecule has 2 bridgehead atoms. The first-order chi connectivity index (χ1) is 22.4. The van der Waals surface area contributed by atoms with Gasteiger partial charge in [0.05, 0.1) is 46.3 Å². The number of nitrogen functional groups attached to an aromatic ring is 1. The van der Waals surface area contributed by atoms with Crippen molar-refractivity contribution in [2.24, 2.45) is 0 Å². The van der Waals surface area contributed by atoms with Crippen molar-refractivity contribution < 1.29 is 22.6 Å². The van der Waals surface area contributed by atoms with E-state index in [0.29, 0.717) is 29.7 Å². The molecule has 8 heterocycles. The maximum Gasteiger partial charge on any atom is 0.319 e. The minimum atomic E-state index is -0.916. The Hall–Kier alpha value is -3.77. The van der Waals surface area contributed by atoms with Gasteiger partial charge in [-0.15, -0.1) is 11.3 Å². The topological polar surface area (TPSA) is 125 Å². The molecule has 5 aliphatic rings. The lowest BCUT2D eigenvalue weighted by atomic mass is 9.93. The lowest BCUT2D eigenvalue weighted by Gasteiger charge is -2.37. The highest BCUT2D eigenvalue weighted by Gasteiger charge is 2.49.